The van der Waals surface area contributed by atoms with Crippen LogP contribution in [-0.4, -0.2) is 34.2 Å². The van der Waals surface area contributed by atoms with E-state index >= 15 is 0 Å². The van der Waals surface area contributed by atoms with Gasteiger partial charge in [0, 0.05) is 20.0 Å². The van der Waals surface area contributed by atoms with Crippen molar-refractivity contribution < 1.29 is 17.6 Å². The highest BCUT2D eigenvalue weighted by molar-refractivity contribution is 7.92. The van der Waals surface area contributed by atoms with E-state index in [9.17, 15) is 17.6 Å². The van der Waals surface area contributed by atoms with E-state index in [0.29, 0.717) is 12.1 Å². The number of nitrogens with zero attached hydrogens (tertiary/aromatic N) is 1. The maximum Gasteiger partial charge on any atom is 0.232 e. The molecule has 0 fully saturated rings. The van der Waals surface area contributed by atoms with Crippen molar-refractivity contribution in [1.29, 1.82) is 0 Å². The molecule has 0 radical (unpaired) electrons. The van der Waals surface area contributed by atoms with Gasteiger partial charge in [-0.15, -0.1) is 0 Å². The van der Waals surface area contributed by atoms with Crippen LogP contribution in [0.5, 0.6) is 0 Å². The molecule has 1 aromatic rings. The lowest BCUT2D eigenvalue weighted by molar-refractivity contribution is -0.120. The standard InChI is InChI=1S/C12H17FN2O3S/c1-14-12(16)4-3-9-15(19(2,17)18)11-7-5-10(13)6-8-11/h5-8H,3-4,9H2,1-2H3,(H,14,16). The van der Waals surface area contributed by atoms with Crippen molar-refractivity contribution in [3.05, 3.63) is 30.1 Å². The van der Waals surface area contributed by atoms with Gasteiger partial charge in [0.2, 0.25) is 15.9 Å². The topological polar surface area (TPSA) is 66.5 Å². The lowest BCUT2D eigenvalue weighted by atomic mass is 10.2. The first-order chi connectivity index (χ1) is 8.84. The molecule has 0 aliphatic rings. The molecule has 0 heterocycles. The number of benzene rings is 1. The third kappa shape index (κ3) is 4.86. The molecule has 0 aromatic heterocycles. The molecule has 0 atom stereocenters. The maximum atomic E-state index is 12.8. The monoisotopic (exact) mass is 288 g/mol. The Hall–Kier alpha value is -1.63. The van der Waals surface area contributed by atoms with Gasteiger partial charge >= 0.3 is 0 Å². The minimum Gasteiger partial charge on any atom is -0.359 e. The van der Waals surface area contributed by atoms with Crippen LogP contribution in [0.2, 0.25) is 0 Å². The molecule has 0 aliphatic carbocycles. The molecule has 0 bridgehead atoms. The van der Waals surface area contributed by atoms with Crippen LogP contribution in [0, 0.1) is 5.82 Å². The van der Waals surface area contributed by atoms with Gasteiger partial charge < -0.3 is 5.32 Å². The number of rotatable bonds is 6. The van der Waals surface area contributed by atoms with Gasteiger partial charge in [0.25, 0.3) is 0 Å². The third-order valence-corrected chi connectivity index (χ3v) is 3.75. The second kappa shape index (κ2) is 6.51. The summed E-state index contributed by atoms with van der Waals surface area (Å²) in [7, 11) is -1.93. The highest BCUT2D eigenvalue weighted by Gasteiger charge is 2.17. The Morgan fingerprint density at radius 1 is 1.32 bits per heavy atom. The number of carbonyl (C=O) groups is 1. The van der Waals surface area contributed by atoms with Gasteiger partial charge in [0.15, 0.2) is 0 Å². The minimum absolute atomic E-state index is 0.146. The van der Waals surface area contributed by atoms with Crippen LogP contribution >= 0.6 is 0 Å². The quantitative estimate of drug-likeness (QED) is 0.853. The second-order valence-corrected chi connectivity index (χ2v) is 6.00. The molecular weight excluding hydrogens is 271 g/mol. The number of hydrogen-bond donors (Lipinski definition) is 1. The first-order valence-corrected chi connectivity index (χ1v) is 7.63. The maximum absolute atomic E-state index is 12.8. The van der Waals surface area contributed by atoms with Gasteiger partial charge in [-0.05, 0) is 30.7 Å². The van der Waals surface area contributed by atoms with E-state index in [-0.39, 0.29) is 18.9 Å². The Morgan fingerprint density at radius 3 is 2.37 bits per heavy atom. The molecule has 1 aromatic carbocycles. The highest BCUT2D eigenvalue weighted by atomic mass is 32.2. The van der Waals surface area contributed by atoms with E-state index in [1.807, 2.05) is 0 Å². The zero-order valence-corrected chi connectivity index (χ0v) is 11.7. The molecule has 1 amide bonds. The molecule has 0 saturated carbocycles. The Bertz CT molecular complexity index is 528. The molecule has 0 spiro atoms. The van der Waals surface area contributed by atoms with Crippen LogP contribution in [0.15, 0.2) is 24.3 Å². The number of nitrogens with one attached hydrogen (secondary N) is 1. The lowest BCUT2D eigenvalue weighted by Crippen LogP contribution is -2.31. The van der Waals surface area contributed by atoms with Crippen LogP contribution in [0.25, 0.3) is 0 Å². The van der Waals surface area contributed by atoms with Crippen LogP contribution in [-0.2, 0) is 14.8 Å². The fourth-order valence-corrected chi connectivity index (χ4v) is 2.57. The number of carbonyl (C=O) groups excluding carboxylic acids is 1. The van der Waals surface area contributed by atoms with Crippen molar-refractivity contribution in [3.63, 3.8) is 0 Å². The van der Waals surface area contributed by atoms with Crippen molar-refractivity contribution in [1.82, 2.24) is 5.32 Å². The molecule has 19 heavy (non-hydrogen) atoms. The van der Waals surface area contributed by atoms with Crippen molar-refractivity contribution in [2.24, 2.45) is 0 Å². The highest BCUT2D eigenvalue weighted by Crippen LogP contribution is 2.18. The summed E-state index contributed by atoms with van der Waals surface area (Å²) in [5, 5.41) is 2.47. The van der Waals surface area contributed by atoms with Gasteiger partial charge in [-0.3, -0.25) is 9.10 Å². The summed E-state index contributed by atoms with van der Waals surface area (Å²) >= 11 is 0. The lowest BCUT2D eigenvalue weighted by Gasteiger charge is -2.22. The molecule has 1 N–H and O–H groups in total. The van der Waals surface area contributed by atoms with Gasteiger partial charge in [0.1, 0.15) is 5.82 Å². The molecule has 106 valence electrons. The normalized spacial score (nSPS) is 11.1. The van der Waals surface area contributed by atoms with Gasteiger partial charge in [-0.25, -0.2) is 12.8 Å². The number of sulfonamides is 1. The Balaban J connectivity index is 2.79. The summed E-state index contributed by atoms with van der Waals surface area (Å²) in [5.74, 6) is -0.574. The molecule has 0 aliphatic heterocycles. The fourth-order valence-electron chi connectivity index (χ4n) is 1.60. The fraction of sp³-hybridized carbons (Fsp3) is 0.417. The van der Waals surface area contributed by atoms with E-state index in [1.54, 1.807) is 0 Å². The summed E-state index contributed by atoms with van der Waals surface area (Å²) in [6.07, 6.45) is 1.71. The van der Waals surface area contributed by atoms with Gasteiger partial charge in [-0.2, -0.15) is 0 Å². The summed E-state index contributed by atoms with van der Waals surface area (Å²) < 4.78 is 37.4. The zero-order valence-electron chi connectivity index (χ0n) is 10.9. The molecule has 5 nitrogen and oxygen atoms in total. The van der Waals surface area contributed by atoms with Crippen molar-refractivity contribution in [2.45, 2.75) is 12.8 Å². The SMILES string of the molecule is CNC(=O)CCCN(c1ccc(F)cc1)S(C)(=O)=O. The summed E-state index contributed by atoms with van der Waals surface area (Å²) in [6, 6.07) is 5.20. The summed E-state index contributed by atoms with van der Waals surface area (Å²) in [6.45, 7) is 0.178. The predicted molar refractivity (Wildman–Crippen MR) is 71.9 cm³/mol. The molecule has 1 rings (SSSR count). The van der Waals surface area contributed by atoms with Crippen LogP contribution in [0.1, 0.15) is 12.8 Å². The number of anilines is 1. The van der Waals surface area contributed by atoms with E-state index in [4.69, 9.17) is 0 Å². The van der Waals surface area contributed by atoms with Crippen molar-refractivity contribution in [2.75, 3.05) is 24.2 Å². The van der Waals surface area contributed by atoms with Crippen molar-refractivity contribution >= 4 is 21.6 Å². The number of hydrogen-bond acceptors (Lipinski definition) is 3. The van der Waals surface area contributed by atoms with Gasteiger partial charge in [0.05, 0.1) is 11.9 Å². The largest absolute Gasteiger partial charge is 0.359 e. The van der Waals surface area contributed by atoms with Gasteiger partial charge in [-0.1, -0.05) is 0 Å². The molecule has 0 unspecified atom stereocenters. The average Bonchev–Trinajstić information content (AvgIpc) is 2.34. The number of amides is 1. The molecule has 0 saturated heterocycles. The van der Waals surface area contributed by atoms with Crippen molar-refractivity contribution in [3.8, 4) is 0 Å². The number of halogens is 1. The minimum atomic E-state index is -3.46. The predicted octanol–water partition coefficient (Wildman–Crippen LogP) is 1.12. The average molecular weight is 288 g/mol. The van der Waals surface area contributed by atoms with E-state index in [2.05, 4.69) is 5.32 Å². The Morgan fingerprint density at radius 2 is 1.89 bits per heavy atom. The summed E-state index contributed by atoms with van der Waals surface area (Å²) in [5.41, 5.74) is 0.390. The first kappa shape index (κ1) is 15.4. The van der Waals surface area contributed by atoms with Crippen LogP contribution < -0.4 is 9.62 Å². The molecular formula is C12H17FN2O3S. The van der Waals surface area contributed by atoms with E-state index in [0.717, 1.165) is 10.6 Å². The Labute approximate surface area is 112 Å². The van der Waals surface area contributed by atoms with E-state index in [1.165, 1.54) is 31.3 Å². The third-order valence-electron chi connectivity index (χ3n) is 2.56. The van der Waals surface area contributed by atoms with Crippen LogP contribution in [0.4, 0.5) is 10.1 Å². The smallest absolute Gasteiger partial charge is 0.232 e. The summed E-state index contributed by atoms with van der Waals surface area (Å²) in [4.78, 5) is 11.1. The Kier molecular flexibility index (Phi) is 5.29. The van der Waals surface area contributed by atoms with Crippen LogP contribution in [0.3, 0.4) is 0 Å². The second-order valence-electron chi connectivity index (χ2n) is 4.09. The van der Waals surface area contributed by atoms with E-state index < -0.39 is 15.8 Å². The zero-order chi connectivity index (χ0) is 14.5. The molecule has 7 heteroatoms. The first-order valence-electron chi connectivity index (χ1n) is 5.78.